The van der Waals surface area contributed by atoms with Crippen LogP contribution in [0, 0.1) is 0 Å². The molecular formula is C23H29N3O5. The van der Waals surface area contributed by atoms with Crippen LogP contribution in [0.5, 0.6) is 0 Å². The van der Waals surface area contributed by atoms with Crippen molar-refractivity contribution in [2.75, 3.05) is 5.43 Å². The smallest absolute Gasteiger partial charge is 0.408 e. The molecule has 166 valence electrons. The number of carbonyl (C=O) groups excluding carboxylic acids is 3. The lowest BCUT2D eigenvalue weighted by molar-refractivity contribution is -0.145. The molecule has 31 heavy (non-hydrogen) atoms. The molecule has 2 aromatic carbocycles. The minimum Gasteiger partial charge on any atom is -0.461 e. The predicted molar refractivity (Wildman–Crippen MR) is 117 cm³/mol. The molecule has 8 nitrogen and oxygen atoms in total. The van der Waals surface area contributed by atoms with Gasteiger partial charge in [-0.2, -0.15) is 0 Å². The van der Waals surface area contributed by atoms with Crippen LogP contribution in [0.2, 0.25) is 0 Å². The largest absolute Gasteiger partial charge is 0.461 e. The molecule has 1 atom stereocenters. The second kappa shape index (κ2) is 11.6. The Hall–Kier alpha value is -3.55. The van der Waals surface area contributed by atoms with Crippen molar-refractivity contribution in [2.24, 2.45) is 0 Å². The first-order valence-electron chi connectivity index (χ1n) is 10.0. The van der Waals surface area contributed by atoms with Gasteiger partial charge in [0.25, 0.3) is 5.91 Å². The van der Waals surface area contributed by atoms with E-state index in [0.29, 0.717) is 5.69 Å². The average molecular weight is 428 g/mol. The van der Waals surface area contributed by atoms with Gasteiger partial charge >= 0.3 is 12.1 Å². The third-order valence-corrected chi connectivity index (χ3v) is 3.99. The number of rotatable bonds is 9. The van der Waals surface area contributed by atoms with E-state index in [2.05, 4.69) is 16.2 Å². The highest BCUT2D eigenvalue weighted by Gasteiger charge is 2.25. The number of hydrogen-bond donors (Lipinski definition) is 3. The van der Waals surface area contributed by atoms with Crippen molar-refractivity contribution in [1.29, 1.82) is 0 Å². The standard InChI is InChI=1S/C23H29N3O5/c1-23(2,3)31-22(29)24-19(21(28)26-25-18-12-8-5-9-13-18)14-15-20(27)30-16-17-10-6-4-7-11-17/h4-13,19,25H,14-16H2,1-3H3,(H,24,29)(H,26,28)/t19-/m0/s1. The lowest BCUT2D eigenvalue weighted by atomic mass is 10.1. The molecule has 0 radical (unpaired) electrons. The molecule has 0 aliphatic heterocycles. The van der Waals surface area contributed by atoms with Gasteiger partial charge < -0.3 is 14.8 Å². The molecule has 0 unspecified atom stereocenters. The highest BCUT2D eigenvalue weighted by molar-refractivity contribution is 5.87. The van der Waals surface area contributed by atoms with Crippen LogP contribution in [0.1, 0.15) is 39.2 Å². The van der Waals surface area contributed by atoms with Crippen molar-refractivity contribution in [2.45, 2.75) is 51.9 Å². The van der Waals surface area contributed by atoms with Crippen molar-refractivity contribution in [3.05, 3.63) is 66.2 Å². The summed E-state index contributed by atoms with van der Waals surface area (Å²) in [6.45, 7) is 5.31. The number of para-hydroxylation sites is 1. The van der Waals surface area contributed by atoms with Crippen LogP contribution < -0.4 is 16.2 Å². The summed E-state index contributed by atoms with van der Waals surface area (Å²) in [6, 6.07) is 17.3. The maximum Gasteiger partial charge on any atom is 0.408 e. The SMILES string of the molecule is CC(C)(C)OC(=O)N[C@@H](CCC(=O)OCc1ccccc1)C(=O)NNc1ccccc1. The first-order chi connectivity index (χ1) is 14.7. The van der Waals surface area contributed by atoms with Crippen LogP contribution in [-0.2, 0) is 25.7 Å². The van der Waals surface area contributed by atoms with E-state index in [-0.39, 0.29) is 19.4 Å². The minimum absolute atomic E-state index is 0.0495. The van der Waals surface area contributed by atoms with E-state index in [0.717, 1.165) is 5.56 Å². The molecule has 0 saturated carbocycles. The summed E-state index contributed by atoms with van der Waals surface area (Å²) in [7, 11) is 0. The number of esters is 1. The molecule has 2 rings (SSSR count). The van der Waals surface area contributed by atoms with Gasteiger partial charge in [-0.05, 0) is 44.9 Å². The average Bonchev–Trinajstić information content (AvgIpc) is 2.73. The quantitative estimate of drug-likeness (QED) is 0.418. The summed E-state index contributed by atoms with van der Waals surface area (Å²) in [5.41, 5.74) is 6.13. The van der Waals surface area contributed by atoms with Gasteiger partial charge in [-0.25, -0.2) is 4.79 Å². The Kier molecular flexibility index (Phi) is 8.87. The molecule has 0 aromatic heterocycles. The van der Waals surface area contributed by atoms with Crippen LogP contribution in [0.4, 0.5) is 10.5 Å². The number of carbonyl (C=O) groups is 3. The molecule has 0 aliphatic rings. The zero-order valence-electron chi connectivity index (χ0n) is 18.0. The third kappa shape index (κ3) is 9.66. The minimum atomic E-state index is -0.990. The normalized spacial score (nSPS) is 11.7. The van der Waals surface area contributed by atoms with E-state index < -0.39 is 29.6 Å². The monoisotopic (exact) mass is 427 g/mol. The highest BCUT2D eigenvalue weighted by Crippen LogP contribution is 2.09. The Bertz CT molecular complexity index is 851. The first-order valence-corrected chi connectivity index (χ1v) is 10.0. The van der Waals surface area contributed by atoms with Gasteiger partial charge in [0.2, 0.25) is 0 Å². The zero-order chi connectivity index (χ0) is 22.7. The number of nitrogens with one attached hydrogen (secondary N) is 3. The molecule has 0 heterocycles. The second-order valence-electron chi connectivity index (χ2n) is 7.86. The summed E-state index contributed by atoms with van der Waals surface area (Å²) in [4.78, 5) is 36.9. The number of benzene rings is 2. The van der Waals surface area contributed by atoms with Crippen LogP contribution in [0.3, 0.4) is 0 Å². The van der Waals surface area contributed by atoms with Crippen molar-refractivity contribution in [3.8, 4) is 0 Å². The molecule has 8 heteroatoms. The van der Waals surface area contributed by atoms with Crippen LogP contribution in [0.25, 0.3) is 0 Å². The van der Waals surface area contributed by atoms with E-state index in [1.807, 2.05) is 48.5 Å². The van der Waals surface area contributed by atoms with Gasteiger partial charge in [0.15, 0.2) is 0 Å². The number of hydrazine groups is 1. The molecule has 2 aromatic rings. The number of anilines is 1. The molecule has 3 N–H and O–H groups in total. The zero-order valence-corrected chi connectivity index (χ0v) is 18.0. The third-order valence-electron chi connectivity index (χ3n) is 3.99. The fraction of sp³-hybridized carbons (Fsp3) is 0.348. The van der Waals surface area contributed by atoms with Gasteiger partial charge in [0, 0.05) is 6.42 Å². The van der Waals surface area contributed by atoms with Gasteiger partial charge in [0.1, 0.15) is 18.2 Å². The van der Waals surface area contributed by atoms with Crippen molar-refractivity contribution in [3.63, 3.8) is 0 Å². The molecule has 0 bridgehead atoms. The number of ether oxygens (including phenoxy) is 2. The Morgan fingerprint density at radius 1 is 0.935 bits per heavy atom. The van der Waals surface area contributed by atoms with Crippen molar-refractivity contribution < 1.29 is 23.9 Å². The van der Waals surface area contributed by atoms with E-state index in [9.17, 15) is 14.4 Å². The van der Waals surface area contributed by atoms with E-state index in [4.69, 9.17) is 9.47 Å². The maximum absolute atomic E-state index is 12.6. The van der Waals surface area contributed by atoms with Gasteiger partial charge in [-0.3, -0.25) is 20.4 Å². The summed E-state index contributed by atoms with van der Waals surface area (Å²) < 4.78 is 10.5. The fourth-order valence-corrected chi connectivity index (χ4v) is 2.53. The predicted octanol–water partition coefficient (Wildman–Crippen LogP) is 3.55. The van der Waals surface area contributed by atoms with E-state index >= 15 is 0 Å². The first kappa shape index (κ1) is 23.7. The Morgan fingerprint density at radius 2 is 1.55 bits per heavy atom. The molecule has 0 fully saturated rings. The maximum atomic E-state index is 12.6. The molecule has 0 spiro atoms. The molecular weight excluding hydrogens is 398 g/mol. The number of alkyl carbamates (subject to hydrolysis) is 1. The Morgan fingerprint density at radius 3 is 2.16 bits per heavy atom. The Labute approximate surface area is 182 Å². The van der Waals surface area contributed by atoms with E-state index in [1.165, 1.54) is 0 Å². The molecule has 2 amide bonds. The van der Waals surface area contributed by atoms with Crippen molar-refractivity contribution in [1.82, 2.24) is 10.7 Å². The molecule has 0 aliphatic carbocycles. The van der Waals surface area contributed by atoms with E-state index in [1.54, 1.807) is 32.9 Å². The Balaban J connectivity index is 1.91. The summed E-state index contributed by atoms with van der Waals surface area (Å²) in [5, 5.41) is 2.52. The fourth-order valence-electron chi connectivity index (χ4n) is 2.53. The van der Waals surface area contributed by atoms with Gasteiger partial charge in [-0.1, -0.05) is 48.5 Å². The van der Waals surface area contributed by atoms with Gasteiger partial charge in [0.05, 0.1) is 5.69 Å². The summed E-state index contributed by atoms with van der Waals surface area (Å²) in [5.74, 6) is -0.978. The van der Waals surface area contributed by atoms with Crippen LogP contribution >= 0.6 is 0 Å². The highest BCUT2D eigenvalue weighted by atomic mass is 16.6. The topological polar surface area (TPSA) is 106 Å². The number of hydrogen-bond acceptors (Lipinski definition) is 6. The van der Waals surface area contributed by atoms with Crippen LogP contribution in [0.15, 0.2) is 60.7 Å². The summed E-state index contributed by atoms with van der Waals surface area (Å²) >= 11 is 0. The summed E-state index contributed by atoms with van der Waals surface area (Å²) in [6.07, 6.45) is -0.744. The lowest BCUT2D eigenvalue weighted by Gasteiger charge is -2.23. The van der Waals surface area contributed by atoms with Crippen molar-refractivity contribution >= 4 is 23.7 Å². The lowest BCUT2D eigenvalue weighted by Crippen LogP contribution is -2.49. The second-order valence-corrected chi connectivity index (χ2v) is 7.86. The number of amides is 2. The molecule has 0 saturated heterocycles. The van der Waals surface area contributed by atoms with Crippen LogP contribution in [-0.4, -0.2) is 29.6 Å². The van der Waals surface area contributed by atoms with Gasteiger partial charge in [-0.15, -0.1) is 0 Å².